The fourth-order valence-corrected chi connectivity index (χ4v) is 4.81. The molecule has 0 bridgehead atoms. The molecule has 5 heteroatoms. The first-order valence-electron chi connectivity index (χ1n) is 9.47. The van der Waals surface area contributed by atoms with Crippen molar-refractivity contribution in [2.24, 2.45) is 11.8 Å². The van der Waals surface area contributed by atoms with Gasteiger partial charge in [0.05, 0.1) is 18.3 Å². The number of ether oxygens (including phenoxy) is 2. The Morgan fingerprint density at radius 1 is 1.24 bits per heavy atom. The van der Waals surface area contributed by atoms with Gasteiger partial charge in [0.1, 0.15) is 0 Å². The SMILES string of the molecule is CCOC(=O)c1ccc2c(c1)[C@H]1OCC[C@H]1[C@@H](C1CCCCC1)N2.Cl. The van der Waals surface area contributed by atoms with Gasteiger partial charge in [-0.05, 0) is 50.3 Å². The molecule has 1 saturated heterocycles. The third kappa shape index (κ3) is 3.52. The second-order valence-corrected chi connectivity index (χ2v) is 7.33. The first-order chi connectivity index (χ1) is 11.8. The molecule has 3 atom stereocenters. The van der Waals surface area contributed by atoms with Crippen molar-refractivity contribution in [2.75, 3.05) is 18.5 Å². The molecule has 1 aromatic rings. The van der Waals surface area contributed by atoms with Crippen LogP contribution in [0.2, 0.25) is 0 Å². The molecule has 0 radical (unpaired) electrons. The van der Waals surface area contributed by atoms with Crippen molar-refractivity contribution in [1.82, 2.24) is 0 Å². The maximum absolute atomic E-state index is 12.1. The van der Waals surface area contributed by atoms with Gasteiger partial charge in [-0.2, -0.15) is 0 Å². The summed E-state index contributed by atoms with van der Waals surface area (Å²) in [6.07, 6.45) is 8.00. The van der Waals surface area contributed by atoms with Crippen molar-refractivity contribution in [3.63, 3.8) is 0 Å². The van der Waals surface area contributed by atoms with E-state index in [-0.39, 0.29) is 24.5 Å². The van der Waals surface area contributed by atoms with E-state index in [0.717, 1.165) is 30.2 Å². The van der Waals surface area contributed by atoms with Gasteiger partial charge in [0.2, 0.25) is 0 Å². The molecule has 25 heavy (non-hydrogen) atoms. The highest BCUT2D eigenvalue weighted by Crippen LogP contribution is 2.48. The van der Waals surface area contributed by atoms with E-state index in [1.54, 1.807) is 0 Å². The maximum atomic E-state index is 12.1. The molecule has 1 aliphatic carbocycles. The van der Waals surface area contributed by atoms with Gasteiger partial charge in [-0.25, -0.2) is 4.79 Å². The number of anilines is 1. The van der Waals surface area contributed by atoms with Crippen LogP contribution in [0.3, 0.4) is 0 Å². The van der Waals surface area contributed by atoms with Crippen LogP contribution in [0.4, 0.5) is 5.69 Å². The molecule has 0 unspecified atom stereocenters. The fraction of sp³-hybridized carbons (Fsp3) is 0.650. The lowest BCUT2D eigenvalue weighted by Crippen LogP contribution is -2.42. The predicted molar refractivity (Wildman–Crippen MR) is 100 cm³/mol. The van der Waals surface area contributed by atoms with E-state index >= 15 is 0 Å². The highest BCUT2D eigenvalue weighted by Gasteiger charge is 2.44. The van der Waals surface area contributed by atoms with Crippen molar-refractivity contribution < 1.29 is 14.3 Å². The van der Waals surface area contributed by atoms with Crippen molar-refractivity contribution in [3.05, 3.63) is 29.3 Å². The average Bonchev–Trinajstić information content (AvgIpc) is 3.11. The Kier molecular flexibility index (Phi) is 5.90. The second kappa shape index (κ2) is 7.96. The van der Waals surface area contributed by atoms with Crippen LogP contribution in [0, 0.1) is 11.8 Å². The summed E-state index contributed by atoms with van der Waals surface area (Å²) in [7, 11) is 0. The fourth-order valence-electron chi connectivity index (χ4n) is 4.81. The highest BCUT2D eigenvalue weighted by atomic mass is 35.5. The molecule has 1 aromatic carbocycles. The Bertz CT molecular complexity index is 615. The van der Waals surface area contributed by atoms with E-state index in [4.69, 9.17) is 9.47 Å². The summed E-state index contributed by atoms with van der Waals surface area (Å²) in [5.41, 5.74) is 2.90. The lowest BCUT2D eigenvalue weighted by molar-refractivity contribution is 0.0524. The smallest absolute Gasteiger partial charge is 0.338 e. The van der Waals surface area contributed by atoms with E-state index in [0.29, 0.717) is 24.1 Å². The molecule has 1 saturated carbocycles. The number of fused-ring (bicyclic) bond motifs is 3. The van der Waals surface area contributed by atoms with Gasteiger partial charge < -0.3 is 14.8 Å². The van der Waals surface area contributed by atoms with Crippen LogP contribution in [-0.2, 0) is 9.47 Å². The molecular weight excluding hydrogens is 338 g/mol. The van der Waals surface area contributed by atoms with Gasteiger partial charge in [-0.15, -0.1) is 12.4 Å². The number of carbonyl (C=O) groups excluding carboxylic acids is 1. The van der Waals surface area contributed by atoms with Gasteiger partial charge in [-0.1, -0.05) is 19.3 Å². The zero-order chi connectivity index (χ0) is 16.5. The zero-order valence-electron chi connectivity index (χ0n) is 14.8. The summed E-state index contributed by atoms with van der Waals surface area (Å²) in [6.45, 7) is 3.06. The van der Waals surface area contributed by atoms with E-state index in [2.05, 4.69) is 5.32 Å². The number of rotatable bonds is 3. The van der Waals surface area contributed by atoms with Crippen LogP contribution < -0.4 is 5.32 Å². The van der Waals surface area contributed by atoms with Crippen LogP contribution >= 0.6 is 12.4 Å². The van der Waals surface area contributed by atoms with Gasteiger partial charge in [0.25, 0.3) is 0 Å². The molecule has 138 valence electrons. The van der Waals surface area contributed by atoms with Gasteiger partial charge in [0, 0.05) is 29.8 Å². The van der Waals surface area contributed by atoms with Gasteiger partial charge in [-0.3, -0.25) is 0 Å². The lowest BCUT2D eigenvalue weighted by atomic mass is 9.73. The van der Waals surface area contributed by atoms with Crippen molar-refractivity contribution in [1.29, 1.82) is 0 Å². The molecular formula is C20H28ClNO3. The molecule has 3 aliphatic rings. The molecule has 4 nitrogen and oxygen atoms in total. The maximum Gasteiger partial charge on any atom is 0.338 e. The topological polar surface area (TPSA) is 47.6 Å². The molecule has 0 spiro atoms. The summed E-state index contributed by atoms with van der Waals surface area (Å²) in [5.74, 6) is 1.04. The van der Waals surface area contributed by atoms with E-state index in [1.165, 1.54) is 32.1 Å². The second-order valence-electron chi connectivity index (χ2n) is 7.33. The number of nitrogens with one attached hydrogen (secondary N) is 1. The van der Waals surface area contributed by atoms with E-state index < -0.39 is 0 Å². The van der Waals surface area contributed by atoms with Crippen molar-refractivity contribution >= 4 is 24.1 Å². The summed E-state index contributed by atoms with van der Waals surface area (Å²) >= 11 is 0. The van der Waals surface area contributed by atoms with Crippen LogP contribution in [0.15, 0.2) is 18.2 Å². The molecule has 2 fully saturated rings. The van der Waals surface area contributed by atoms with Crippen LogP contribution in [0.25, 0.3) is 0 Å². The molecule has 2 aliphatic heterocycles. The Morgan fingerprint density at radius 2 is 2.04 bits per heavy atom. The molecule has 4 rings (SSSR count). The number of hydrogen-bond donors (Lipinski definition) is 1. The monoisotopic (exact) mass is 365 g/mol. The zero-order valence-corrected chi connectivity index (χ0v) is 15.6. The minimum absolute atomic E-state index is 0. The predicted octanol–water partition coefficient (Wildman–Crippen LogP) is 4.74. The minimum atomic E-state index is -0.246. The van der Waals surface area contributed by atoms with Gasteiger partial charge >= 0.3 is 5.97 Å². The first-order valence-corrected chi connectivity index (χ1v) is 9.47. The van der Waals surface area contributed by atoms with Crippen molar-refractivity contribution in [3.8, 4) is 0 Å². The minimum Gasteiger partial charge on any atom is -0.462 e. The van der Waals surface area contributed by atoms with E-state index in [1.807, 2.05) is 25.1 Å². The Balaban J connectivity index is 0.00000182. The molecule has 1 N–H and O–H groups in total. The molecule has 2 heterocycles. The Morgan fingerprint density at radius 3 is 2.80 bits per heavy atom. The standard InChI is InChI=1S/C20H27NO3.ClH/c1-2-23-20(22)14-8-9-17-16(12-14)19-15(10-11-24-19)18(21-17)13-6-4-3-5-7-13;/h8-9,12-13,15,18-19,21H,2-7,10-11H2,1H3;1H/t15-,18+,19-;/m0./s1. The summed E-state index contributed by atoms with van der Waals surface area (Å²) < 4.78 is 11.3. The van der Waals surface area contributed by atoms with Crippen LogP contribution in [0.1, 0.15) is 67.5 Å². The van der Waals surface area contributed by atoms with Crippen LogP contribution in [0.5, 0.6) is 0 Å². The number of halogens is 1. The Labute approximate surface area is 156 Å². The third-order valence-electron chi connectivity index (χ3n) is 5.95. The number of hydrogen-bond acceptors (Lipinski definition) is 4. The van der Waals surface area contributed by atoms with Crippen LogP contribution in [-0.4, -0.2) is 25.2 Å². The highest BCUT2D eigenvalue weighted by molar-refractivity contribution is 5.90. The summed E-state index contributed by atoms with van der Waals surface area (Å²) in [6, 6.07) is 6.39. The largest absolute Gasteiger partial charge is 0.462 e. The lowest BCUT2D eigenvalue weighted by Gasteiger charge is -2.42. The van der Waals surface area contributed by atoms with Crippen molar-refractivity contribution in [2.45, 2.75) is 57.6 Å². The number of benzene rings is 1. The molecule has 0 amide bonds. The quantitative estimate of drug-likeness (QED) is 0.786. The first kappa shape index (κ1) is 18.5. The van der Waals surface area contributed by atoms with Gasteiger partial charge in [0.15, 0.2) is 0 Å². The third-order valence-corrected chi connectivity index (χ3v) is 5.95. The molecule has 0 aromatic heterocycles. The Hall–Kier alpha value is -1.26. The normalized spacial score (nSPS) is 28.3. The average molecular weight is 366 g/mol. The number of carbonyl (C=O) groups is 1. The number of esters is 1. The summed E-state index contributed by atoms with van der Waals surface area (Å²) in [4.78, 5) is 12.1. The van der Waals surface area contributed by atoms with E-state index in [9.17, 15) is 4.79 Å². The summed E-state index contributed by atoms with van der Waals surface area (Å²) in [5, 5.41) is 3.80.